The van der Waals surface area contributed by atoms with Gasteiger partial charge in [0.25, 0.3) is 5.91 Å². The van der Waals surface area contributed by atoms with Gasteiger partial charge in [-0.15, -0.1) is 0 Å². The minimum atomic E-state index is -0.929. The molecule has 0 bridgehead atoms. The first-order chi connectivity index (χ1) is 9.10. The number of imidazole rings is 1. The zero-order valence-electron chi connectivity index (χ0n) is 10.5. The number of carbonyl (C=O) groups excluding carboxylic acids is 1. The van der Waals surface area contributed by atoms with Crippen LogP contribution in [0.25, 0.3) is 5.65 Å². The van der Waals surface area contributed by atoms with Crippen LogP contribution in [-0.4, -0.2) is 32.4 Å². The Bertz CT molecular complexity index is 573. The quantitative estimate of drug-likeness (QED) is 0.850. The van der Waals surface area contributed by atoms with Crippen molar-refractivity contribution in [1.82, 2.24) is 14.7 Å². The Labute approximate surface area is 110 Å². The molecular formula is C13H15N3O3. The summed E-state index contributed by atoms with van der Waals surface area (Å²) in [5.74, 6) is -1.28. The van der Waals surface area contributed by atoms with Gasteiger partial charge in [-0.1, -0.05) is 13.0 Å². The van der Waals surface area contributed by atoms with Crippen molar-refractivity contribution >= 4 is 17.5 Å². The molecular weight excluding hydrogens is 246 g/mol. The average molecular weight is 261 g/mol. The lowest BCUT2D eigenvalue weighted by Crippen LogP contribution is -2.36. The summed E-state index contributed by atoms with van der Waals surface area (Å²) < 4.78 is 1.74. The molecule has 0 aliphatic rings. The molecule has 1 amide bonds. The number of carboxylic acid groups (broad SMARTS) is 1. The van der Waals surface area contributed by atoms with Crippen LogP contribution in [0.5, 0.6) is 0 Å². The first-order valence-electron chi connectivity index (χ1n) is 6.06. The highest BCUT2D eigenvalue weighted by Crippen LogP contribution is 2.06. The smallest absolute Gasteiger partial charge is 0.305 e. The van der Waals surface area contributed by atoms with Crippen molar-refractivity contribution in [1.29, 1.82) is 0 Å². The van der Waals surface area contributed by atoms with Gasteiger partial charge in [-0.05, 0) is 18.6 Å². The Morgan fingerprint density at radius 3 is 2.89 bits per heavy atom. The monoisotopic (exact) mass is 261 g/mol. The van der Waals surface area contributed by atoms with Crippen LogP contribution >= 0.6 is 0 Å². The number of pyridine rings is 1. The van der Waals surface area contributed by atoms with E-state index in [0.717, 1.165) is 0 Å². The van der Waals surface area contributed by atoms with E-state index in [9.17, 15) is 9.59 Å². The number of rotatable bonds is 5. The summed E-state index contributed by atoms with van der Waals surface area (Å²) in [6.45, 7) is 1.83. The van der Waals surface area contributed by atoms with Crippen LogP contribution in [0.15, 0.2) is 30.6 Å². The van der Waals surface area contributed by atoms with Gasteiger partial charge in [0, 0.05) is 18.4 Å². The van der Waals surface area contributed by atoms with Crippen LogP contribution in [0.3, 0.4) is 0 Å². The van der Waals surface area contributed by atoms with Gasteiger partial charge in [-0.2, -0.15) is 0 Å². The fraction of sp³-hybridized carbons (Fsp3) is 0.308. The van der Waals surface area contributed by atoms with Gasteiger partial charge in [0.15, 0.2) is 0 Å². The highest BCUT2D eigenvalue weighted by molar-refractivity contribution is 5.93. The molecule has 2 rings (SSSR count). The second kappa shape index (κ2) is 5.51. The zero-order valence-corrected chi connectivity index (χ0v) is 10.5. The van der Waals surface area contributed by atoms with E-state index < -0.39 is 5.97 Å². The molecule has 0 fully saturated rings. The van der Waals surface area contributed by atoms with Crippen molar-refractivity contribution in [2.24, 2.45) is 0 Å². The standard InChI is InChI=1S/C13H15N3O3/c1-2-9(7-12(17)18)14-13(19)10-8-16-6-4-3-5-11(16)15-10/h3-6,8-9H,2,7H2,1H3,(H,14,19)(H,17,18). The van der Waals surface area contributed by atoms with Gasteiger partial charge in [-0.3, -0.25) is 9.59 Å². The topological polar surface area (TPSA) is 83.7 Å². The molecule has 2 aromatic heterocycles. The molecule has 2 aromatic rings. The van der Waals surface area contributed by atoms with E-state index in [0.29, 0.717) is 12.1 Å². The largest absolute Gasteiger partial charge is 0.481 e. The van der Waals surface area contributed by atoms with Crippen molar-refractivity contribution in [3.63, 3.8) is 0 Å². The Hall–Kier alpha value is -2.37. The maximum Gasteiger partial charge on any atom is 0.305 e. The lowest BCUT2D eigenvalue weighted by atomic mass is 10.1. The summed E-state index contributed by atoms with van der Waals surface area (Å²) in [7, 11) is 0. The molecule has 0 aliphatic carbocycles. The molecule has 0 aromatic carbocycles. The number of aromatic nitrogens is 2. The molecule has 6 nitrogen and oxygen atoms in total. The second-order valence-corrected chi connectivity index (χ2v) is 4.27. The van der Waals surface area contributed by atoms with E-state index in [2.05, 4.69) is 10.3 Å². The number of carboxylic acids is 1. The van der Waals surface area contributed by atoms with Crippen molar-refractivity contribution in [2.45, 2.75) is 25.8 Å². The van der Waals surface area contributed by atoms with E-state index in [-0.39, 0.29) is 24.1 Å². The predicted molar refractivity (Wildman–Crippen MR) is 69.0 cm³/mol. The Balaban J connectivity index is 2.12. The maximum atomic E-state index is 12.0. The number of amides is 1. The third kappa shape index (κ3) is 3.09. The van der Waals surface area contributed by atoms with Crippen molar-refractivity contribution in [2.75, 3.05) is 0 Å². The molecule has 0 saturated heterocycles. The normalized spacial score (nSPS) is 12.3. The zero-order chi connectivity index (χ0) is 13.8. The Morgan fingerprint density at radius 1 is 1.47 bits per heavy atom. The van der Waals surface area contributed by atoms with Gasteiger partial charge in [-0.25, -0.2) is 4.98 Å². The van der Waals surface area contributed by atoms with Gasteiger partial charge >= 0.3 is 5.97 Å². The molecule has 1 unspecified atom stereocenters. The summed E-state index contributed by atoms with van der Waals surface area (Å²) in [5, 5.41) is 11.4. The van der Waals surface area contributed by atoms with Crippen LogP contribution in [0.4, 0.5) is 0 Å². The Kier molecular flexibility index (Phi) is 3.79. The van der Waals surface area contributed by atoms with Crippen LogP contribution in [-0.2, 0) is 4.79 Å². The number of hydrogen-bond acceptors (Lipinski definition) is 3. The molecule has 2 heterocycles. The third-order valence-corrected chi connectivity index (χ3v) is 2.85. The van der Waals surface area contributed by atoms with E-state index in [4.69, 9.17) is 5.11 Å². The van der Waals surface area contributed by atoms with Gasteiger partial charge in [0.05, 0.1) is 6.42 Å². The lowest BCUT2D eigenvalue weighted by Gasteiger charge is -2.13. The van der Waals surface area contributed by atoms with Crippen LogP contribution < -0.4 is 5.32 Å². The maximum absolute atomic E-state index is 12.0. The van der Waals surface area contributed by atoms with Crippen LogP contribution in [0, 0.1) is 0 Å². The molecule has 0 saturated carbocycles. The van der Waals surface area contributed by atoms with Gasteiger partial charge in [0.1, 0.15) is 11.3 Å². The SMILES string of the molecule is CCC(CC(=O)O)NC(=O)c1cn2ccccc2n1. The molecule has 1 atom stereocenters. The minimum absolute atomic E-state index is 0.0877. The fourth-order valence-corrected chi connectivity index (χ4v) is 1.81. The van der Waals surface area contributed by atoms with Crippen LogP contribution in [0.2, 0.25) is 0 Å². The number of carbonyl (C=O) groups is 2. The molecule has 100 valence electrons. The minimum Gasteiger partial charge on any atom is -0.481 e. The van der Waals surface area contributed by atoms with E-state index >= 15 is 0 Å². The molecule has 19 heavy (non-hydrogen) atoms. The summed E-state index contributed by atoms with van der Waals surface area (Å²) in [6, 6.07) is 5.10. The number of nitrogens with zero attached hydrogens (tertiary/aromatic N) is 2. The first-order valence-corrected chi connectivity index (χ1v) is 6.06. The number of nitrogens with one attached hydrogen (secondary N) is 1. The van der Waals surface area contributed by atoms with Crippen molar-refractivity contribution < 1.29 is 14.7 Å². The molecule has 0 spiro atoms. The lowest BCUT2D eigenvalue weighted by molar-refractivity contribution is -0.137. The number of fused-ring (bicyclic) bond motifs is 1. The highest BCUT2D eigenvalue weighted by atomic mass is 16.4. The van der Waals surface area contributed by atoms with Gasteiger partial charge < -0.3 is 14.8 Å². The summed E-state index contributed by atoms with van der Waals surface area (Å²) in [6.07, 6.45) is 3.90. The Morgan fingerprint density at radius 2 is 2.26 bits per heavy atom. The molecule has 2 N–H and O–H groups in total. The van der Waals surface area contributed by atoms with Crippen molar-refractivity contribution in [3.8, 4) is 0 Å². The van der Waals surface area contributed by atoms with Crippen LogP contribution in [0.1, 0.15) is 30.3 Å². The third-order valence-electron chi connectivity index (χ3n) is 2.85. The summed E-state index contributed by atoms with van der Waals surface area (Å²) in [4.78, 5) is 26.8. The van der Waals surface area contributed by atoms with Crippen molar-refractivity contribution in [3.05, 3.63) is 36.3 Å². The fourth-order valence-electron chi connectivity index (χ4n) is 1.81. The number of hydrogen-bond donors (Lipinski definition) is 2. The van der Waals surface area contributed by atoms with E-state index in [1.54, 1.807) is 22.9 Å². The molecule has 6 heteroatoms. The van der Waals surface area contributed by atoms with Gasteiger partial charge in [0.2, 0.25) is 0 Å². The molecule has 0 radical (unpaired) electrons. The van der Waals surface area contributed by atoms with E-state index in [1.165, 1.54) is 0 Å². The highest BCUT2D eigenvalue weighted by Gasteiger charge is 2.17. The average Bonchev–Trinajstić information content (AvgIpc) is 2.81. The summed E-state index contributed by atoms with van der Waals surface area (Å²) >= 11 is 0. The summed E-state index contributed by atoms with van der Waals surface area (Å²) in [5.41, 5.74) is 0.967. The van der Waals surface area contributed by atoms with E-state index in [1.807, 2.05) is 19.1 Å². The molecule has 0 aliphatic heterocycles. The second-order valence-electron chi connectivity index (χ2n) is 4.27. The number of aliphatic carboxylic acids is 1. The first kappa shape index (κ1) is 13.1. The predicted octanol–water partition coefficient (Wildman–Crippen LogP) is 1.32.